The number of carbonyl (C=O) groups excluding carboxylic acids is 1. The molecule has 0 atom stereocenters. The van der Waals surface area contributed by atoms with Crippen LogP contribution in [0.1, 0.15) is 35.4 Å². The van der Waals surface area contributed by atoms with E-state index in [9.17, 15) is 13.2 Å². The van der Waals surface area contributed by atoms with Crippen molar-refractivity contribution in [2.45, 2.75) is 30.8 Å². The highest BCUT2D eigenvalue weighted by Gasteiger charge is 2.29. The molecule has 2 aliphatic heterocycles. The number of aromatic nitrogens is 1. The van der Waals surface area contributed by atoms with Gasteiger partial charge in [0.1, 0.15) is 5.75 Å². The van der Waals surface area contributed by atoms with Gasteiger partial charge in [0, 0.05) is 30.5 Å². The highest BCUT2D eigenvalue weighted by molar-refractivity contribution is 7.89. The van der Waals surface area contributed by atoms with Crippen LogP contribution in [0.5, 0.6) is 5.75 Å². The number of ether oxygens (including phenoxy) is 1. The molecular weight excluding hydrogens is 438 g/mol. The van der Waals surface area contributed by atoms with Crippen molar-refractivity contribution in [1.82, 2.24) is 9.29 Å². The van der Waals surface area contributed by atoms with Gasteiger partial charge in [-0.05, 0) is 48.7 Å². The monoisotopic (exact) mass is 459 g/mol. The minimum atomic E-state index is -3.72. The third kappa shape index (κ3) is 3.98. The van der Waals surface area contributed by atoms with E-state index in [-0.39, 0.29) is 10.9 Å². The van der Waals surface area contributed by atoms with Crippen LogP contribution in [-0.4, -0.2) is 43.3 Å². The SMILES string of the molecule is O=C(Nc1nc(-c2ccc3c(c2)CCO3)cs1)c1ccc(S(=O)(=O)N2CCCCC2)o1. The Morgan fingerprint density at radius 3 is 2.81 bits per heavy atom. The number of fused-ring (bicyclic) bond motifs is 1. The average molecular weight is 460 g/mol. The van der Waals surface area contributed by atoms with Gasteiger partial charge in [0.05, 0.1) is 12.3 Å². The van der Waals surface area contributed by atoms with E-state index < -0.39 is 15.9 Å². The van der Waals surface area contributed by atoms with Crippen LogP contribution in [0, 0.1) is 0 Å². The maximum absolute atomic E-state index is 12.7. The van der Waals surface area contributed by atoms with Crippen LogP contribution in [0.15, 0.2) is 45.2 Å². The van der Waals surface area contributed by atoms with E-state index in [0.717, 1.165) is 48.3 Å². The summed E-state index contributed by atoms with van der Waals surface area (Å²) in [6, 6.07) is 8.63. The largest absolute Gasteiger partial charge is 0.493 e. The summed E-state index contributed by atoms with van der Waals surface area (Å²) in [5, 5.41) is 4.75. The number of anilines is 1. The van der Waals surface area contributed by atoms with Crippen molar-refractivity contribution in [3.8, 4) is 17.0 Å². The number of carbonyl (C=O) groups is 1. The molecule has 10 heteroatoms. The lowest BCUT2D eigenvalue weighted by molar-refractivity contribution is 0.0991. The third-order valence-corrected chi connectivity index (χ3v) is 7.95. The van der Waals surface area contributed by atoms with E-state index in [1.807, 2.05) is 23.6 Å². The average Bonchev–Trinajstić information content (AvgIpc) is 3.54. The topological polar surface area (TPSA) is 102 Å². The Bertz CT molecular complexity index is 1230. The summed E-state index contributed by atoms with van der Waals surface area (Å²) in [5.74, 6) is 0.297. The van der Waals surface area contributed by atoms with Crippen LogP contribution >= 0.6 is 11.3 Å². The minimum Gasteiger partial charge on any atom is -0.493 e. The van der Waals surface area contributed by atoms with E-state index in [1.165, 1.54) is 27.8 Å². The number of nitrogens with zero attached hydrogens (tertiary/aromatic N) is 2. The van der Waals surface area contributed by atoms with Gasteiger partial charge >= 0.3 is 0 Å². The first-order valence-corrected chi connectivity index (χ1v) is 12.5. The van der Waals surface area contributed by atoms with E-state index in [4.69, 9.17) is 9.15 Å². The van der Waals surface area contributed by atoms with Crippen LogP contribution in [0.4, 0.5) is 5.13 Å². The van der Waals surface area contributed by atoms with Crippen LogP contribution < -0.4 is 10.1 Å². The normalized spacial score (nSPS) is 16.6. The van der Waals surface area contributed by atoms with Gasteiger partial charge in [-0.2, -0.15) is 4.31 Å². The minimum absolute atomic E-state index is 0.0676. The molecule has 4 heterocycles. The molecule has 31 heavy (non-hydrogen) atoms. The molecule has 0 unspecified atom stereocenters. The zero-order valence-electron chi connectivity index (χ0n) is 16.7. The van der Waals surface area contributed by atoms with Crippen LogP contribution in [0.2, 0.25) is 0 Å². The molecule has 1 aromatic carbocycles. The molecule has 0 bridgehead atoms. The van der Waals surface area contributed by atoms with Gasteiger partial charge < -0.3 is 9.15 Å². The standard InChI is InChI=1S/C21H21N3O5S2/c25-20(18-6-7-19(29-18)31(26,27)24-9-2-1-3-10-24)23-21-22-16(13-30-21)14-4-5-17-15(12-14)8-11-28-17/h4-7,12-13H,1-3,8-11H2,(H,22,23,25). The quantitative estimate of drug-likeness (QED) is 0.623. The predicted octanol–water partition coefficient (Wildman–Crippen LogP) is 3.76. The van der Waals surface area contributed by atoms with Gasteiger partial charge in [-0.25, -0.2) is 13.4 Å². The van der Waals surface area contributed by atoms with E-state index in [0.29, 0.717) is 24.8 Å². The molecule has 8 nitrogen and oxygen atoms in total. The zero-order valence-corrected chi connectivity index (χ0v) is 18.3. The highest BCUT2D eigenvalue weighted by Crippen LogP contribution is 2.32. The molecule has 0 radical (unpaired) electrons. The van der Waals surface area contributed by atoms with Crippen molar-refractivity contribution in [1.29, 1.82) is 0 Å². The zero-order chi connectivity index (χ0) is 21.4. The number of amides is 1. The lowest BCUT2D eigenvalue weighted by Gasteiger charge is -2.24. The second-order valence-electron chi connectivity index (χ2n) is 7.50. The lowest BCUT2D eigenvalue weighted by atomic mass is 10.1. The van der Waals surface area contributed by atoms with Crippen LogP contribution in [0.3, 0.4) is 0 Å². The first kappa shape index (κ1) is 20.2. The Balaban J connectivity index is 1.29. The second-order valence-corrected chi connectivity index (χ2v) is 10.2. The Hall–Kier alpha value is -2.69. The molecule has 0 spiro atoms. The maximum Gasteiger partial charge on any atom is 0.293 e. The first-order chi connectivity index (χ1) is 15.0. The van der Waals surface area contributed by atoms with Crippen molar-refractivity contribution in [3.63, 3.8) is 0 Å². The summed E-state index contributed by atoms with van der Waals surface area (Å²) in [5.41, 5.74) is 2.85. The summed E-state index contributed by atoms with van der Waals surface area (Å²) in [6.07, 6.45) is 3.55. The van der Waals surface area contributed by atoms with Gasteiger partial charge in [-0.3, -0.25) is 10.1 Å². The maximum atomic E-state index is 12.7. The summed E-state index contributed by atoms with van der Waals surface area (Å²) < 4.78 is 37.7. The molecule has 1 amide bonds. The van der Waals surface area contributed by atoms with Gasteiger partial charge in [0.2, 0.25) is 5.09 Å². The number of hydrogen-bond acceptors (Lipinski definition) is 7. The fraction of sp³-hybridized carbons (Fsp3) is 0.333. The Morgan fingerprint density at radius 1 is 1.13 bits per heavy atom. The Morgan fingerprint density at radius 2 is 1.97 bits per heavy atom. The molecular formula is C21H21N3O5S2. The molecule has 2 aromatic heterocycles. The lowest BCUT2D eigenvalue weighted by Crippen LogP contribution is -2.35. The smallest absolute Gasteiger partial charge is 0.293 e. The number of nitrogens with one attached hydrogen (secondary N) is 1. The van der Waals surface area contributed by atoms with E-state index >= 15 is 0 Å². The molecule has 2 aliphatic rings. The number of rotatable bonds is 5. The molecule has 0 saturated carbocycles. The summed E-state index contributed by atoms with van der Waals surface area (Å²) in [6.45, 7) is 1.64. The van der Waals surface area contributed by atoms with Crippen molar-refractivity contribution in [3.05, 3.63) is 47.0 Å². The van der Waals surface area contributed by atoms with Gasteiger partial charge in [0.25, 0.3) is 15.9 Å². The second kappa shape index (κ2) is 8.10. The number of piperidine rings is 1. The van der Waals surface area contributed by atoms with Crippen LogP contribution in [-0.2, 0) is 16.4 Å². The Labute approximate surface area is 183 Å². The number of sulfonamides is 1. The summed E-state index contributed by atoms with van der Waals surface area (Å²) in [4.78, 5) is 17.0. The number of furan rings is 1. The molecule has 1 fully saturated rings. The fourth-order valence-corrected chi connectivity index (χ4v) is 5.92. The Kier molecular flexibility index (Phi) is 5.28. The molecule has 0 aliphatic carbocycles. The molecule has 1 saturated heterocycles. The van der Waals surface area contributed by atoms with Gasteiger partial charge in [0.15, 0.2) is 10.9 Å². The molecule has 162 valence electrons. The fourth-order valence-electron chi connectivity index (χ4n) is 3.78. The van der Waals surface area contributed by atoms with Gasteiger partial charge in [-0.15, -0.1) is 11.3 Å². The van der Waals surface area contributed by atoms with Crippen molar-refractivity contribution in [2.75, 3.05) is 25.0 Å². The summed E-state index contributed by atoms with van der Waals surface area (Å²) in [7, 11) is -3.72. The number of thiazole rings is 1. The molecule has 5 rings (SSSR count). The van der Waals surface area contributed by atoms with Crippen LogP contribution in [0.25, 0.3) is 11.3 Å². The highest BCUT2D eigenvalue weighted by atomic mass is 32.2. The van der Waals surface area contributed by atoms with Crippen molar-refractivity contribution < 1.29 is 22.4 Å². The van der Waals surface area contributed by atoms with Crippen molar-refractivity contribution >= 4 is 32.4 Å². The molecule has 3 aromatic rings. The molecule has 1 N–H and O–H groups in total. The number of benzene rings is 1. The summed E-state index contributed by atoms with van der Waals surface area (Å²) >= 11 is 1.29. The predicted molar refractivity (Wildman–Crippen MR) is 116 cm³/mol. The third-order valence-electron chi connectivity index (χ3n) is 5.42. The van der Waals surface area contributed by atoms with E-state index in [2.05, 4.69) is 10.3 Å². The first-order valence-electron chi connectivity index (χ1n) is 10.1. The van der Waals surface area contributed by atoms with Crippen molar-refractivity contribution in [2.24, 2.45) is 0 Å². The number of hydrogen-bond donors (Lipinski definition) is 1. The van der Waals surface area contributed by atoms with E-state index in [1.54, 1.807) is 0 Å². The van der Waals surface area contributed by atoms with Gasteiger partial charge in [-0.1, -0.05) is 6.42 Å².